The van der Waals surface area contributed by atoms with Gasteiger partial charge in [-0.1, -0.05) is 133 Å². The highest BCUT2D eigenvalue weighted by atomic mass is 16.3. The molecule has 7 nitrogen and oxygen atoms in total. The van der Waals surface area contributed by atoms with E-state index in [1.165, 1.54) is 16.3 Å². The number of hydrogen-bond acceptors (Lipinski definition) is 5. The molecule has 7 heteroatoms. The van der Waals surface area contributed by atoms with Gasteiger partial charge in [-0.3, -0.25) is 4.57 Å². The second kappa shape index (κ2) is 13.3. The zero-order valence-corrected chi connectivity index (χ0v) is 34.1. The van der Waals surface area contributed by atoms with Crippen LogP contribution in [0.25, 0.3) is 133 Å². The summed E-state index contributed by atoms with van der Waals surface area (Å²) < 4.78 is 17.7. The van der Waals surface area contributed by atoms with Crippen LogP contribution in [0.15, 0.2) is 209 Å². The first-order valence-corrected chi connectivity index (χ1v) is 21.4. The molecule has 0 N–H and O–H groups in total. The molecule has 64 heavy (non-hydrogen) atoms. The molecule has 5 heterocycles. The van der Waals surface area contributed by atoms with Crippen molar-refractivity contribution in [2.45, 2.75) is 0 Å². The number of para-hydroxylation sites is 7. The van der Waals surface area contributed by atoms with Crippen LogP contribution < -0.4 is 0 Å². The predicted molar refractivity (Wildman–Crippen MR) is 259 cm³/mol. The standard InChI is InChI=1S/C57H33N5O2/c1-2-15-35(16-3-1)61-46-26-8-4-17-37(46)45-33-34(31-32-48(45)61)36-21-14-28-49-52(36)42-20-5-9-27-47(42)62(49)57-59-55(43-24-12-22-40-38-18-6-10-29-50(38)63-53(40)43)58-56(60-57)44-25-13-23-41-39-19-7-11-30-51(39)64-54(41)44/h1-33H. The van der Waals surface area contributed by atoms with Crippen molar-refractivity contribution in [2.24, 2.45) is 0 Å². The molecule has 0 saturated carbocycles. The Kier molecular flexibility index (Phi) is 7.27. The molecule has 0 saturated heterocycles. The fourth-order valence-corrected chi connectivity index (χ4v) is 10.0. The minimum atomic E-state index is 0.492. The molecule has 298 valence electrons. The first-order chi connectivity index (χ1) is 31.7. The summed E-state index contributed by atoms with van der Waals surface area (Å²) in [5, 5.41) is 8.71. The molecule has 14 rings (SSSR count). The second-order valence-corrected chi connectivity index (χ2v) is 16.3. The van der Waals surface area contributed by atoms with Crippen molar-refractivity contribution in [2.75, 3.05) is 0 Å². The molecule has 5 aromatic heterocycles. The Labute approximate surface area is 364 Å². The average Bonchev–Trinajstić information content (AvgIpc) is 4.12. The second-order valence-electron chi connectivity index (χ2n) is 16.3. The summed E-state index contributed by atoms with van der Waals surface area (Å²) in [5.74, 6) is 1.49. The quantitative estimate of drug-likeness (QED) is 0.173. The van der Waals surface area contributed by atoms with E-state index in [1.807, 2.05) is 60.7 Å². The van der Waals surface area contributed by atoms with E-state index < -0.39 is 0 Å². The van der Waals surface area contributed by atoms with Gasteiger partial charge in [-0.05, 0) is 77.9 Å². The third kappa shape index (κ3) is 5.00. The number of rotatable bonds is 5. The lowest BCUT2D eigenvalue weighted by atomic mass is 9.98. The van der Waals surface area contributed by atoms with E-state index in [2.05, 4.69) is 149 Å². The summed E-state index contributed by atoms with van der Waals surface area (Å²) in [4.78, 5) is 16.0. The van der Waals surface area contributed by atoms with Gasteiger partial charge in [0.05, 0.1) is 33.2 Å². The number of fused-ring (bicyclic) bond motifs is 12. The van der Waals surface area contributed by atoms with E-state index >= 15 is 0 Å². The smallest absolute Gasteiger partial charge is 0.238 e. The van der Waals surface area contributed by atoms with Crippen molar-refractivity contribution < 1.29 is 8.83 Å². The molecular weight excluding hydrogens is 787 g/mol. The first kappa shape index (κ1) is 34.9. The van der Waals surface area contributed by atoms with Crippen molar-refractivity contribution in [3.05, 3.63) is 200 Å². The summed E-state index contributed by atoms with van der Waals surface area (Å²) in [7, 11) is 0. The van der Waals surface area contributed by atoms with Gasteiger partial charge in [-0.2, -0.15) is 9.97 Å². The van der Waals surface area contributed by atoms with Gasteiger partial charge in [0.2, 0.25) is 5.95 Å². The van der Waals surface area contributed by atoms with Crippen LogP contribution in [0.3, 0.4) is 0 Å². The van der Waals surface area contributed by atoms with E-state index in [1.54, 1.807) is 0 Å². The van der Waals surface area contributed by atoms with Crippen molar-refractivity contribution in [3.63, 3.8) is 0 Å². The van der Waals surface area contributed by atoms with E-state index in [9.17, 15) is 0 Å². The molecule has 14 aromatic rings. The maximum Gasteiger partial charge on any atom is 0.238 e. The van der Waals surface area contributed by atoms with Crippen LogP contribution in [0.5, 0.6) is 0 Å². The number of aromatic nitrogens is 5. The van der Waals surface area contributed by atoms with Crippen molar-refractivity contribution in [1.29, 1.82) is 0 Å². The molecule has 0 aliphatic rings. The fourth-order valence-electron chi connectivity index (χ4n) is 10.0. The highest BCUT2D eigenvalue weighted by Gasteiger charge is 2.24. The third-order valence-electron chi connectivity index (χ3n) is 12.8. The maximum atomic E-state index is 6.59. The van der Waals surface area contributed by atoms with Gasteiger partial charge in [0.25, 0.3) is 0 Å². The van der Waals surface area contributed by atoms with Crippen LogP contribution >= 0.6 is 0 Å². The Bertz CT molecular complexity index is 4080. The minimum absolute atomic E-state index is 0.492. The Morgan fingerprint density at radius 2 is 0.828 bits per heavy atom. The highest BCUT2D eigenvalue weighted by Crippen LogP contribution is 2.43. The van der Waals surface area contributed by atoms with Crippen LogP contribution in [0.4, 0.5) is 0 Å². The maximum absolute atomic E-state index is 6.59. The van der Waals surface area contributed by atoms with Gasteiger partial charge in [0.1, 0.15) is 22.3 Å². The van der Waals surface area contributed by atoms with Crippen molar-refractivity contribution in [1.82, 2.24) is 24.1 Å². The molecule has 0 unspecified atom stereocenters. The molecule has 0 amide bonds. The highest BCUT2D eigenvalue weighted by molar-refractivity contribution is 6.18. The number of hydrogen-bond donors (Lipinski definition) is 0. The molecule has 0 aliphatic carbocycles. The van der Waals surface area contributed by atoms with Crippen LogP contribution in [0, 0.1) is 0 Å². The lowest BCUT2D eigenvalue weighted by Gasteiger charge is -2.12. The van der Waals surface area contributed by atoms with Crippen LogP contribution in [0.2, 0.25) is 0 Å². The monoisotopic (exact) mass is 819 g/mol. The van der Waals surface area contributed by atoms with Gasteiger partial charge >= 0.3 is 0 Å². The number of benzene rings is 9. The molecule has 9 aromatic carbocycles. The zero-order valence-electron chi connectivity index (χ0n) is 34.1. The van der Waals surface area contributed by atoms with Gasteiger partial charge in [0, 0.05) is 48.8 Å². The zero-order chi connectivity index (χ0) is 41.9. The normalized spacial score (nSPS) is 12.1. The molecule has 0 fully saturated rings. The van der Waals surface area contributed by atoms with Crippen LogP contribution in [-0.4, -0.2) is 24.1 Å². The van der Waals surface area contributed by atoms with Gasteiger partial charge in [-0.25, -0.2) is 4.98 Å². The third-order valence-corrected chi connectivity index (χ3v) is 12.8. The SMILES string of the molecule is c1ccc(-n2c3ccccc3c3cc(-c4cccc5c4c4ccccc4n5-c4nc(-c5cccc6c5oc5ccccc56)nc(-c5cccc6c5oc5ccccc56)n4)ccc32)cc1. The fraction of sp³-hybridized carbons (Fsp3) is 0. The minimum Gasteiger partial charge on any atom is -0.455 e. The summed E-state index contributed by atoms with van der Waals surface area (Å²) in [6, 6.07) is 69.8. The molecular formula is C57H33N5O2. The number of furan rings is 2. The van der Waals surface area contributed by atoms with Crippen LogP contribution in [-0.2, 0) is 0 Å². The molecule has 0 bridgehead atoms. The van der Waals surface area contributed by atoms with Gasteiger partial charge in [0.15, 0.2) is 11.6 Å². The van der Waals surface area contributed by atoms with E-state index in [4.69, 9.17) is 23.8 Å². The predicted octanol–water partition coefficient (Wildman–Crippen LogP) is 14.9. The van der Waals surface area contributed by atoms with E-state index in [0.717, 1.165) is 99.1 Å². The topological polar surface area (TPSA) is 74.8 Å². The molecule has 0 aliphatic heterocycles. The average molecular weight is 820 g/mol. The van der Waals surface area contributed by atoms with Gasteiger partial charge in [-0.15, -0.1) is 0 Å². The largest absolute Gasteiger partial charge is 0.455 e. The summed E-state index contributed by atoms with van der Waals surface area (Å²) in [6.45, 7) is 0. The van der Waals surface area contributed by atoms with Crippen LogP contribution in [0.1, 0.15) is 0 Å². The summed E-state index contributed by atoms with van der Waals surface area (Å²) in [6.07, 6.45) is 0. The lowest BCUT2D eigenvalue weighted by Crippen LogP contribution is -2.06. The Morgan fingerprint density at radius 3 is 1.50 bits per heavy atom. The van der Waals surface area contributed by atoms with E-state index in [0.29, 0.717) is 17.6 Å². The van der Waals surface area contributed by atoms with E-state index in [-0.39, 0.29) is 0 Å². The lowest BCUT2D eigenvalue weighted by molar-refractivity contribution is 0.669. The van der Waals surface area contributed by atoms with Crippen molar-refractivity contribution in [3.8, 4) is 45.5 Å². The molecule has 0 spiro atoms. The Hall–Kier alpha value is -8.81. The summed E-state index contributed by atoms with van der Waals surface area (Å²) >= 11 is 0. The molecule has 0 radical (unpaired) electrons. The Balaban J connectivity index is 1.04. The molecule has 0 atom stereocenters. The first-order valence-electron chi connectivity index (χ1n) is 21.4. The Morgan fingerprint density at radius 1 is 0.328 bits per heavy atom. The van der Waals surface area contributed by atoms with Crippen molar-refractivity contribution >= 4 is 87.5 Å². The number of nitrogens with zero attached hydrogens (tertiary/aromatic N) is 5. The summed E-state index contributed by atoms with van der Waals surface area (Å²) in [5.41, 5.74) is 12.3. The van der Waals surface area contributed by atoms with Gasteiger partial charge < -0.3 is 13.4 Å².